The molecule has 0 heterocycles. The number of carboxylic acid groups (broad SMARTS) is 1. The van der Waals surface area contributed by atoms with Crippen LogP contribution in [-0.2, 0) is 16.0 Å². The summed E-state index contributed by atoms with van der Waals surface area (Å²) < 4.78 is 9.64. The number of phenolic OH excluding ortho intramolecular Hbond substituents is 1. The molecule has 20 heavy (non-hydrogen) atoms. The second kappa shape index (κ2) is 5.81. The number of esters is 1. The van der Waals surface area contributed by atoms with E-state index in [9.17, 15) is 14.7 Å². The number of benzene rings is 1. The molecule has 0 bridgehead atoms. The molecule has 6 heteroatoms. The van der Waals surface area contributed by atoms with Gasteiger partial charge in [-0.3, -0.25) is 4.79 Å². The van der Waals surface area contributed by atoms with Gasteiger partial charge in [-0.25, -0.2) is 4.79 Å². The molecular formula is C14H18O6. The van der Waals surface area contributed by atoms with E-state index in [1.165, 1.54) is 40.2 Å². The lowest BCUT2D eigenvalue weighted by Gasteiger charge is -2.20. The van der Waals surface area contributed by atoms with Gasteiger partial charge in [0.05, 0.1) is 19.6 Å². The molecule has 0 spiro atoms. The molecule has 0 aromatic heterocycles. The number of aliphatic carboxylic acids is 1. The summed E-state index contributed by atoms with van der Waals surface area (Å²) in [6.07, 6.45) is 0.0716. The lowest BCUT2D eigenvalue weighted by molar-refractivity contribution is -0.146. The minimum atomic E-state index is -1.07. The van der Waals surface area contributed by atoms with Crippen molar-refractivity contribution in [2.75, 3.05) is 14.2 Å². The number of methoxy groups -OCH3 is 2. The molecular weight excluding hydrogens is 264 g/mol. The zero-order valence-electron chi connectivity index (χ0n) is 11.9. The molecule has 6 nitrogen and oxygen atoms in total. The molecule has 0 saturated carbocycles. The first kappa shape index (κ1) is 15.8. The fourth-order valence-electron chi connectivity index (χ4n) is 1.75. The van der Waals surface area contributed by atoms with Gasteiger partial charge in [0.2, 0.25) is 0 Å². The highest BCUT2D eigenvalue weighted by atomic mass is 16.5. The number of carboxylic acids is 1. The van der Waals surface area contributed by atoms with Gasteiger partial charge < -0.3 is 19.7 Å². The van der Waals surface area contributed by atoms with Crippen LogP contribution in [0, 0.1) is 5.41 Å². The fourth-order valence-corrected chi connectivity index (χ4v) is 1.75. The van der Waals surface area contributed by atoms with Gasteiger partial charge in [-0.2, -0.15) is 0 Å². The SMILES string of the molecule is COC(=O)c1cc(CC(C)(C)C(=O)O)c(O)cc1OC. The van der Waals surface area contributed by atoms with Gasteiger partial charge in [-0.05, 0) is 31.9 Å². The first-order valence-corrected chi connectivity index (χ1v) is 5.94. The highest BCUT2D eigenvalue weighted by Gasteiger charge is 2.29. The van der Waals surface area contributed by atoms with E-state index in [1.54, 1.807) is 0 Å². The van der Waals surface area contributed by atoms with E-state index in [2.05, 4.69) is 4.74 Å². The molecule has 1 aromatic rings. The Hall–Kier alpha value is -2.24. The standard InChI is InChI=1S/C14H18O6/c1-14(2,13(17)18)7-8-5-9(12(16)20-4)11(19-3)6-10(8)15/h5-6,15H,7H2,1-4H3,(H,17,18). The van der Waals surface area contributed by atoms with Crippen molar-refractivity contribution >= 4 is 11.9 Å². The van der Waals surface area contributed by atoms with Crippen molar-refractivity contribution in [1.29, 1.82) is 0 Å². The first-order valence-electron chi connectivity index (χ1n) is 5.94. The van der Waals surface area contributed by atoms with E-state index in [0.717, 1.165) is 0 Å². The molecule has 0 aliphatic heterocycles. The van der Waals surface area contributed by atoms with Crippen LogP contribution in [0.5, 0.6) is 11.5 Å². The predicted octanol–water partition coefficient (Wildman–Crippen LogP) is 1.84. The largest absolute Gasteiger partial charge is 0.508 e. The summed E-state index contributed by atoms with van der Waals surface area (Å²) in [5, 5.41) is 19.0. The summed E-state index contributed by atoms with van der Waals surface area (Å²) in [5.74, 6) is -1.56. The normalized spacial score (nSPS) is 11.0. The number of carbonyl (C=O) groups is 2. The summed E-state index contributed by atoms with van der Waals surface area (Å²) in [4.78, 5) is 22.8. The maximum Gasteiger partial charge on any atom is 0.341 e. The van der Waals surface area contributed by atoms with Gasteiger partial charge in [0.15, 0.2) is 0 Å². The second-order valence-electron chi connectivity index (χ2n) is 5.04. The fraction of sp³-hybridized carbons (Fsp3) is 0.429. The second-order valence-corrected chi connectivity index (χ2v) is 5.04. The Morgan fingerprint density at radius 1 is 1.25 bits per heavy atom. The van der Waals surface area contributed by atoms with Crippen LogP contribution in [-0.4, -0.2) is 36.4 Å². The monoisotopic (exact) mass is 282 g/mol. The maximum absolute atomic E-state index is 11.7. The molecule has 0 fully saturated rings. The molecule has 2 N–H and O–H groups in total. The van der Waals surface area contributed by atoms with Crippen LogP contribution in [0.25, 0.3) is 0 Å². The zero-order valence-corrected chi connectivity index (χ0v) is 11.9. The van der Waals surface area contributed by atoms with E-state index in [0.29, 0.717) is 5.56 Å². The molecule has 0 aliphatic carbocycles. The van der Waals surface area contributed by atoms with Crippen LogP contribution in [0.15, 0.2) is 12.1 Å². The first-order chi connectivity index (χ1) is 9.22. The molecule has 0 aliphatic rings. The highest BCUT2D eigenvalue weighted by molar-refractivity contribution is 5.93. The van der Waals surface area contributed by atoms with E-state index >= 15 is 0 Å². The average Bonchev–Trinajstić information content (AvgIpc) is 2.39. The Kier molecular flexibility index (Phi) is 4.60. The molecule has 0 saturated heterocycles. The van der Waals surface area contributed by atoms with E-state index in [1.807, 2.05) is 0 Å². The van der Waals surface area contributed by atoms with Crippen LogP contribution >= 0.6 is 0 Å². The van der Waals surface area contributed by atoms with Gasteiger partial charge in [-0.1, -0.05) is 0 Å². The van der Waals surface area contributed by atoms with Gasteiger partial charge >= 0.3 is 11.9 Å². The third kappa shape index (κ3) is 3.20. The number of hydrogen-bond donors (Lipinski definition) is 2. The van der Waals surface area contributed by atoms with Gasteiger partial charge in [0.25, 0.3) is 0 Å². The quantitative estimate of drug-likeness (QED) is 0.800. The zero-order chi connectivity index (χ0) is 15.5. The molecule has 1 rings (SSSR count). The Bertz CT molecular complexity index is 533. The summed E-state index contributed by atoms with van der Waals surface area (Å²) in [6.45, 7) is 3.08. The molecule has 110 valence electrons. The van der Waals surface area contributed by atoms with E-state index in [-0.39, 0.29) is 23.5 Å². The predicted molar refractivity (Wildman–Crippen MR) is 71.1 cm³/mol. The molecule has 0 amide bonds. The van der Waals surface area contributed by atoms with E-state index < -0.39 is 17.4 Å². The van der Waals surface area contributed by atoms with Crippen LogP contribution in [0.2, 0.25) is 0 Å². The number of phenols is 1. The number of hydrogen-bond acceptors (Lipinski definition) is 5. The number of aromatic hydroxyl groups is 1. The number of ether oxygens (including phenoxy) is 2. The van der Waals surface area contributed by atoms with Crippen LogP contribution in [0.4, 0.5) is 0 Å². The third-order valence-electron chi connectivity index (χ3n) is 3.02. The van der Waals surface area contributed by atoms with Crippen molar-refractivity contribution < 1.29 is 29.3 Å². The van der Waals surface area contributed by atoms with Gasteiger partial charge in [0, 0.05) is 6.07 Å². The molecule has 0 radical (unpaired) electrons. The third-order valence-corrected chi connectivity index (χ3v) is 3.02. The maximum atomic E-state index is 11.7. The Morgan fingerprint density at radius 3 is 2.30 bits per heavy atom. The van der Waals surface area contributed by atoms with Crippen LogP contribution in [0.1, 0.15) is 29.8 Å². The van der Waals surface area contributed by atoms with Crippen molar-refractivity contribution in [3.8, 4) is 11.5 Å². The molecule has 0 unspecified atom stereocenters. The summed E-state index contributed by atoms with van der Waals surface area (Å²) >= 11 is 0. The minimum Gasteiger partial charge on any atom is -0.508 e. The van der Waals surface area contributed by atoms with Crippen LogP contribution < -0.4 is 4.74 Å². The van der Waals surface area contributed by atoms with Gasteiger partial charge in [-0.15, -0.1) is 0 Å². The van der Waals surface area contributed by atoms with Crippen molar-refractivity contribution in [1.82, 2.24) is 0 Å². The molecule has 1 aromatic carbocycles. The average molecular weight is 282 g/mol. The van der Waals surface area contributed by atoms with E-state index in [4.69, 9.17) is 9.84 Å². The number of rotatable bonds is 5. The topological polar surface area (TPSA) is 93.1 Å². The number of carbonyl (C=O) groups excluding carboxylic acids is 1. The lowest BCUT2D eigenvalue weighted by atomic mass is 9.85. The summed E-state index contributed by atoms with van der Waals surface area (Å²) in [7, 11) is 2.59. The van der Waals surface area contributed by atoms with Crippen LogP contribution in [0.3, 0.4) is 0 Å². The Labute approximate surface area is 116 Å². The summed E-state index contributed by atoms with van der Waals surface area (Å²) in [5.41, 5.74) is -0.581. The summed E-state index contributed by atoms with van der Waals surface area (Å²) in [6, 6.07) is 2.67. The van der Waals surface area contributed by atoms with Crippen molar-refractivity contribution in [3.63, 3.8) is 0 Å². The Balaban J connectivity index is 3.28. The molecule has 0 atom stereocenters. The Morgan fingerprint density at radius 2 is 1.85 bits per heavy atom. The lowest BCUT2D eigenvalue weighted by Crippen LogP contribution is -2.26. The van der Waals surface area contributed by atoms with Crippen molar-refractivity contribution in [2.24, 2.45) is 5.41 Å². The smallest absolute Gasteiger partial charge is 0.341 e. The van der Waals surface area contributed by atoms with Crippen molar-refractivity contribution in [2.45, 2.75) is 20.3 Å². The highest BCUT2D eigenvalue weighted by Crippen LogP contribution is 2.33. The van der Waals surface area contributed by atoms with Crippen molar-refractivity contribution in [3.05, 3.63) is 23.3 Å². The van der Waals surface area contributed by atoms with Gasteiger partial charge in [0.1, 0.15) is 17.1 Å². The minimum absolute atomic E-state index is 0.0716.